The number of amides is 1. The maximum Gasteiger partial charge on any atom is 0.274 e. The highest BCUT2D eigenvalue weighted by molar-refractivity contribution is 6.33. The van der Waals surface area contributed by atoms with Gasteiger partial charge in [-0.15, -0.1) is 0 Å². The molecule has 2 aromatic heterocycles. The lowest BCUT2D eigenvalue weighted by atomic mass is 9.87. The molecule has 1 atom stereocenters. The number of halogens is 1. The number of fused-ring (bicyclic) bond motifs is 1. The van der Waals surface area contributed by atoms with Crippen LogP contribution in [-0.2, 0) is 17.8 Å². The quantitative estimate of drug-likeness (QED) is 0.697. The summed E-state index contributed by atoms with van der Waals surface area (Å²) in [4.78, 5) is 31.5. The van der Waals surface area contributed by atoms with Crippen molar-refractivity contribution >= 4 is 28.9 Å². The number of piperidine rings is 1. The summed E-state index contributed by atoms with van der Waals surface area (Å²) in [5, 5.41) is 9.37. The Labute approximate surface area is 178 Å². The fourth-order valence-electron chi connectivity index (χ4n) is 3.86. The molecule has 1 aliphatic heterocycles. The number of nitriles is 1. The van der Waals surface area contributed by atoms with Crippen LogP contribution in [0.1, 0.15) is 33.6 Å². The van der Waals surface area contributed by atoms with Crippen molar-refractivity contribution in [1.29, 1.82) is 5.26 Å². The normalized spacial score (nSPS) is 16.6. The highest BCUT2D eigenvalue weighted by Crippen LogP contribution is 2.24. The van der Waals surface area contributed by atoms with Crippen LogP contribution in [0.5, 0.6) is 0 Å². The lowest BCUT2D eigenvalue weighted by Gasteiger charge is -2.30. The van der Waals surface area contributed by atoms with E-state index >= 15 is 0 Å². The van der Waals surface area contributed by atoms with Crippen molar-refractivity contribution in [3.05, 3.63) is 70.1 Å². The molecule has 1 amide bonds. The van der Waals surface area contributed by atoms with E-state index in [4.69, 9.17) is 22.6 Å². The molecule has 1 unspecified atom stereocenters. The van der Waals surface area contributed by atoms with Gasteiger partial charge in [0.1, 0.15) is 11.8 Å². The minimum atomic E-state index is -0.317. The molecule has 2 N–H and O–H groups in total. The van der Waals surface area contributed by atoms with Crippen molar-refractivity contribution in [3.8, 4) is 6.07 Å². The molecule has 0 aliphatic carbocycles. The van der Waals surface area contributed by atoms with Crippen molar-refractivity contribution in [2.75, 3.05) is 13.1 Å². The molecule has 0 bridgehead atoms. The van der Waals surface area contributed by atoms with E-state index in [-0.39, 0.29) is 29.8 Å². The summed E-state index contributed by atoms with van der Waals surface area (Å²) in [6, 6.07) is 11.4. The number of carbonyl (C=O) groups excluding carboxylic acids is 2. The summed E-state index contributed by atoms with van der Waals surface area (Å²) in [7, 11) is 0. The highest BCUT2D eigenvalue weighted by atomic mass is 35.5. The van der Waals surface area contributed by atoms with Crippen molar-refractivity contribution in [2.45, 2.75) is 19.4 Å². The molecule has 4 rings (SSSR count). The Kier molecular flexibility index (Phi) is 5.53. The Bertz CT molecular complexity index is 1180. The van der Waals surface area contributed by atoms with Gasteiger partial charge in [-0.05, 0) is 30.0 Å². The minimum absolute atomic E-state index is 0.0370. The van der Waals surface area contributed by atoms with Gasteiger partial charge < -0.3 is 15.0 Å². The van der Waals surface area contributed by atoms with Gasteiger partial charge in [-0.1, -0.05) is 35.9 Å². The molecule has 3 heterocycles. The fraction of sp³-hybridized carbons (Fsp3) is 0.273. The van der Waals surface area contributed by atoms with Gasteiger partial charge in [0, 0.05) is 31.4 Å². The second kappa shape index (κ2) is 8.27. The number of aromatic nitrogens is 2. The third-order valence-corrected chi connectivity index (χ3v) is 5.77. The van der Waals surface area contributed by atoms with Gasteiger partial charge in [-0.2, -0.15) is 5.26 Å². The Hall–Kier alpha value is -3.21. The Morgan fingerprint density at radius 1 is 1.30 bits per heavy atom. The third-order valence-electron chi connectivity index (χ3n) is 5.50. The summed E-state index contributed by atoms with van der Waals surface area (Å²) in [6.07, 6.45) is 4.33. The first-order valence-electron chi connectivity index (χ1n) is 9.67. The second-order valence-corrected chi connectivity index (χ2v) is 7.81. The molecule has 152 valence electrons. The number of pyridine rings is 1. The van der Waals surface area contributed by atoms with E-state index < -0.39 is 0 Å². The third kappa shape index (κ3) is 3.80. The van der Waals surface area contributed by atoms with Crippen LogP contribution in [0, 0.1) is 17.2 Å². The van der Waals surface area contributed by atoms with Gasteiger partial charge in [-0.25, -0.2) is 4.98 Å². The van der Waals surface area contributed by atoms with Crippen LogP contribution in [0.25, 0.3) is 5.65 Å². The van der Waals surface area contributed by atoms with E-state index in [1.807, 2.05) is 30.3 Å². The number of carbonyl (C=O) groups is 2. The number of nitrogens with zero attached hydrogens (tertiary/aromatic N) is 4. The smallest absolute Gasteiger partial charge is 0.274 e. The standard InChI is InChI=1S/C22H20ClN5O2/c23-18-7-14(9-24)11-28-12-19(26-21(18)28)22(30)27-6-5-16(20(29)13-27)8-15-3-1-2-4-17(15)10-25/h1-4,7,11-12,16H,5-6,8,10,13,25H2. The molecule has 1 saturated heterocycles. The summed E-state index contributed by atoms with van der Waals surface area (Å²) in [6.45, 7) is 0.968. The monoisotopic (exact) mass is 421 g/mol. The molecular formula is C22H20ClN5O2. The zero-order valence-electron chi connectivity index (χ0n) is 16.2. The van der Waals surface area contributed by atoms with E-state index in [1.165, 1.54) is 11.0 Å². The van der Waals surface area contributed by atoms with E-state index in [2.05, 4.69) is 4.98 Å². The van der Waals surface area contributed by atoms with Crippen molar-refractivity contribution in [2.24, 2.45) is 11.7 Å². The highest BCUT2D eigenvalue weighted by Gasteiger charge is 2.31. The summed E-state index contributed by atoms with van der Waals surface area (Å²) in [5.74, 6) is -0.409. The second-order valence-electron chi connectivity index (χ2n) is 7.40. The van der Waals surface area contributed by atoms with Crippen LogP contribution in [0.4, 0.5) is 0 Å². The van der Waals surface area contributed by atoms with Crippen LogP contribution in [0.3, 0.4) is 0 Å². The van der Waals surface area contributed by atoms with Crippen LogP contribution in [0.2, 0.25) is 5.02 Å². The largest absolute Gasteiger partial charge is 0.330 e. The van der Waals surface area contributed by atoms with E-state index in [0.29, 0.717) is 42.2 Å². The molecule has 0 spiro atoms. The maximum atomic E-state index is 12.9. The zero-order valence-corrected chi connectivity index (χ0v) is 17.0. The number of nitrogens with two attached hydrogens (primary N) is 1. The van der Waals surface area contributed by atoms with Gasteiger partial charge >= 0.3 is 0 Å². The predicted octanol–water partition coefficient (Wildman–Crippen LogP) is 2.59. The Balaban J connectivity index is 1.48. The average molecular weight is 422 g/mol. The van der Waals surface area contributed by atoms with Gasteiger partial charge in [0.15, 0.2) is 11.4 Å². The molecule has 3 aromatic rings. The molecule has 8 heteroatoms. The number of hydrogen-bond donors (Lipinski definition) is 1. The minimum Gasteiger partial charge on any atom is -0.330 e. The van der Waals surface area contributed by atoms with Crippen molar-refractivity contribution < 1.29 is 9.59 Å². The zero-order chi connectivity index (χ0) is 21.3. The first-order chi connectivity index (χ1) is 14.5. The average Bonchev–Trinajstić information content (AvgIpc) is 3.19. The number of Topliss-reactive ketones (excluding diaryl/α,β-unsaturated/α-hetero) is 1. The van der Waals surface area contributed by atoms with Crippen molar-refractivity contribution in [1.82, 2.24) is 14.3 Å². The first kappa shape index (κ1) is 20.1. The van der Waals surface area contributed by atoms with Crippen LogP contribution < -0.4 is 5.73 Å². The number of rotatable bonds is 4. The fourth-order valence-corrected chi connectivity index (χ4v) is 4.12. The number of benzene rings is 1. The van der Waals surface area contributed by atoms with Gasteiger partial charge in [0.25, 0.3) is 5.91 Å². The summed E-state index contributed by atoms with van der Waals surface area (Å²) < 4.78 is 1.56. The SMILES string of the molecule is N#Cc1cc(Cl)c2nc(C(=O)N3CCC(Cc4ccccc4CN)C(=O)C3)cn2c1. The molecule has 0 saturated carbocycles. The maximum absolute atomic E-state index is 12.9. The molecule has 0 radical (unpaired) electrons. The van der Waals surface area contributed by atoms with E-state index in [9.17, 15) is 9.59 Å². The van der Waals surface area contributed by atoms with Gasteiger partial charge in [0.05, 0.1) is 17.1 Å². The summed E-state index contributed by atoms with van der Waals surface area (Å²) in [5.41, 5.74) is 8.91. The van der Waals surface area contributed by atoms with E-state index in [1.54, 1.807) is 16.8 Å². The predicted molar refractivity (Wildman–Crippen MR) is 112 cm³/mol. The molecular weight excluding hydrogens is 402 g/mol. The van der Waals surface area contributed by atoms with Crippen molar-refractivity contribution in [3.63, 3.8) is 0 Å². The topological polar surface area (TPSA) is 104 Å². The number of likely N-dealkylation sites (tertiary alicyclic amines) is 1. The molecule has 7 nitrogen and oxygen atoms in total. The lowest BCUT2D eigenvalue weighted by Crippen LogP contribution is -2.45. The molecule has 1 fully saturated rings. The van der Waals surface area contributed by atoms with E-state index in [0.717, 1.165) is 11.1 Å². The lowest BCUT2D eigenvalue weighted by molar-refractivity contribution is -0.125. The number of imidazole rings is 1. The van der Waals surface area contributed by atoms with Crippen LogP contribution >= 0.6 is 11.6 Å². The molecule has 1 aromatic carbocycles. The number of ketones is 1. The Morgan fingerprint density at radius 3 is 2.77 bits per heavy atom. The first-order valence-corrected chi connectivity index (χ1v) is 10.0. The number of hydrogen-bond acceptors (Lipinski definition) is 5. The summed E-state index contributed by atoms with van der Waals surface area (Å²) >= 11 is 6.17. The van der Waals surface area contributed by atoms with Crippen LogP contribution in [-0.4, -0.2) is 39.1 Å². The Morgan fingerprint density at radius 2 is 2.07 bits per heavy atom. The van der Waals surface area contributed by atoms with Gasteiger partial charge in [0.2, 0.25) is 0 Å². The van der Waals surface area contributed by atoms with Crippen LogP contribution in [0.15, 0.2) is 42.7 Å². The molecule has 1 aliphatic rings. The van der Waals surface area contributed by atoms with Gasteiger partial charge in [-0.3, -0.25) is 9.59 Å². The molecule has 30 heavy (non-hydrogen) atoms.